The van der Waals surface area contributed by atoms with Gasteiger partial charge in [0.15, 0.2) is 5.78 Å². The van der Waals surface area contributed by atoms with E-state index in [0.717, 1.165) is 26.9 Å². The zero-order valence-electron chi connectivity index (χ0n) is 16.6. The molecular weight excluding hydrogens is 422 g/mol. The van der Waals surface area contributed by atoms with Gasteiger partial charge in [-0.05, 0) is 40.7 Å². The SMILES string of the molecule is C/C(Br)=C\C=C1/CN(C)C2=C1C(=O)c1ccc(OC(CO)CO)cc1C2(C)C. The van der Waals surface area contributed by atoms with Crippen molar-refractivity contribution in [2.45, 2.75) is 32.3 Å². The highest BCUT2D eigenvalue weighted by Crippen LogP contribution is 2.48. The van der Waals surface area contributed by atoms with Crippen LogP contribution in [-0.4, -0.2) is 53.8 Å². The highest BCUT2D eigenvalue weighted by molar-refractivity contribution is 9.11. The number of benzene rings is 1. The van der Waals surface area contributed by atoms with E-state index < -0.39 is 6.10 Å². The summed E-state index contributed by atoms with van der Waals surface area (Å²) >= 11 is 3.44. The lowest BCUT2D eigenvalue weighted by atomic mass is 9.71. The Hall–Kier alpha value is -1.89. The first kappa shape index (κ1) is 20.8. The molecule has 1 aliphatic carbocycles. The van der Waals surface area contributed by atoms with Crippen molar-refractivity contribution in [1.82, 2.24) is 4.90 Å². The van der Waals surface area contributed by atoms with Crippen LogP contribution in [0.5, 0.6) is 5.75 Å². The Balaban J connectivity index is 2.10. The van der Waals surface area contributed by atoms with Gasteiger partial charge in [0, 0.05) is 35.8 Å². The van der Waals surface area contributed by atoms with Gasteiger partial charge in [0.1, 0.15) is 11.9 Å². The average molecular weight is 448 g/mol. The van der Waals surface area contributed by atoms with Crippen molar-refractivity contribution in [3.8, 4) is 5.75 Å². The predicted octanol–water partition coefficient (Wildman–Crippen LogP) is 3.32. The number of ketones is 1. The zero-order chi connectivity index (χ0) is 20.6. The minimum absolute atomic E-state index is 0.0213. The van der Waals surface area contributed by atoms with Gasteiger partial charge in [0.2, 0.25) is 0 Å². The van der Waals surface area contributed by atoms with Gasteiger partial charge in [-0.2, -0.15) is 0 Å². The number of hydrogen-bond acceptors (Lipinski definition) is 5. The molecule has 0 unspecified atom stereocenters. The van der Waals surface area contributed by atoms with Crippen molar-refractivity contribution < 1.29 is 19.7 Å². The topological polar surface area (TPSA) is 70.0 Å². The Morgan fingerprint density at radius 2 is 2.04 bits per heavy atom. The number of carbonyl (C=O) groups is 1. The van der Waals surface area contributed by atoms with E-state index in [4.69, 9.17) is 4.74 Å². The number of Topliss-reactive ketones (excluding diaryl/α,β-unsaturated/α-hetero) is 1. The predicted molar refractivity (Wildman–Crippen MR) is 113 cm³/mol. The van der Waals surface area contributed by atoms with E-state index in [9.17, 15) is 15.0 Å². The fourth-order valence-corrected chi connectivity index (χ4v) is 4.18. The maximum absolute atomic E-state index is 13.4. The Morgan fingerprint density at radius 1 is 1.36 bits per heavy atom. The summed E-state index contributed by atoms with van der Waals surface area (Å²) in [6.45, 7) is 6.31. The van der Waals surface area contributed by atoms with E-state index in [0.29, 0.717) is 17.9 Å². The van der Waals surface area contributed by atoms with Crippen molar-refractivity contribution in [2.75, 3.05) is 26.8 Å². The minimum atomic E-state index is -0.682. The number of halogens is 1. The Kier molecular flexibility index (Phi) is 5.84. The van der Waals surface area contributed by atoms with E-state index in [2.05, 4.69) is 34.7 Å². The lowest BCUT2D eigenvalue weighted by Gasteiger charge is -2.37. The zero-order valence-corrected chi connectivity index (χ0v) is 18.2. The molecule has 0 spiro atoms. The van der Waals surface area contributed by atoms with Crippen LogP contribution in [0, 0.1) is 0 Å². The summed E-state index contributed by atoms with van der Waals surface area (Å²) < 4.78 is 6.67. The number of allylic oxidation sites excluding steroid dienone is 4. The van der Waals surface area contributed by atoms with Crippen molar-refractivity contribution in [1.29, 1.82) is 0 Å². The number of aliphatic hydroxyl groups excluding tert-OH is 2. The van der Waals surface area contributed by atoms with Crippen LogP contribution in [0.4, 0.5) is 0 Å². The lowest BCUT2D eigenvalue weighted by molar-refractivity contribution is 0.0628. The molecule has 0 aromatic heterocycles. The third-order valence-electron chi connectivity index (χ3n) is 5.30. The Bertz CT molecular complexity index is 890. The first-order valence-electron chi connectivity index (χ1n) is 9.27. The van der Waals surface area contributed by atoms with Crippen LogP contribution in [0.15, 0.2) is 51.7 Å². The quantitative estimate of drug-likeness (QED) is 0.724. The van der Waals surface area contributed by atoms with Gasteiger partial charge < -0.3 is 19.8 Å². The number of aliphatic hydroxyl groups is 2. The second-order valence-corrected chi connectivity index (χ2v) is 9.04. The second-order valence-electron chi connectivity index (χ2n) is 7.79. The molecule has 2 aliphatic rings. The minimum Gasteiger partial charge on any atom is -0.486 e. The first-order valence-corrected chi connectivity index (χ1v) is 10.1. The van der Waals surface area contributed by atoms with E-state index in [1.807, 2.05) is 32.2 Å². The smallest absolute Gasteiger partial charge is 0.195 e. The molecule has 3 rings (SSSR count). The van der Waals surface area contributed by atoms with Crippen LogP contribution >= 0.6 is 15.9 Å². The standard InChI is InChI=1S/C22H26BrNO4/c1-13(23)5-6-14-10-24(4)21-19(14)20(27)17-8-7-15(28-16(11-25)12-26)9-18(17)22(21,2)3/h5-9,16,25-26H,10-12H2,1-4H3/b13-5+,14-6+. The van der Waals surface area contributed by atoms with Gasteiger partial charge >= 0.3 is 0 Å². The van der Waals surface area contributed by atoms with Crippen molar-refractivity contribution >= 4 is 21.7 Å². The van der Waals surface area contributed by atoms with Gasteiger partial charge in [-0.3, -0.25) is 4.79 Å². The number of fused-ring (bicyclic) bond motifs is 1. The van der Waals surface area contributed by atoms with E-state index in [1.165, 1.54) is 0 Å². The van der Waals surface area contributed by atoms with Crippen LogP contribution < -0.4 is 4.74 Å². The lowest BCUT2D eigenvalue weighted by Crippen LogP contribution is -2.35. The second kappa shape index (κ2) is 7.85. The third kappa shape index (κ3) is 3.56. The Labute approximate surface area is 174 Å². The molecule has 0 amide bonds. The summed E-state index contributed by atoms with van der Waals surface area (Å²) in [6, 6.07) is 5.36. The molecule has 0 radical (unpaired) electrons. The monoisotopic (exact) mass is 447 g/mol. The average Bonchev–Trinajstić information content (AvgIpc) is 3.00. The number of carbonyl (C=O) groups excluding carboxylic acids is 1. The van der Waals surface area contributed by atoms with Gasteiger partial charge in [0.05, 0.1) is 13.2 Å². The highest BCUT2D eigenvalue weighted by Gasteiger charge is 2.45. The Morgan fingerprint density at radius 3 is 2.64 bits per heavy atom. The van der Waals surface area contributed by atoms with Crippen LogP contribution in [0.2, 0.25) is 0 Å². The fraction of sp³-hybridized carbons (Fsp3) is 0.409. The van der Waals surface area contributed by atoms with Gasteiger partial charge in [-0.15, -0.1) is 0 Å². The van der Waals surface area contributed by atoms with Crippen molar-refractivity contribution in [2.24, 2.45) is 0 Å². The molecule has 150 valence electrons. The summed E-state index contributed by atoms with van der Waals surface area (Å²) in [5.74, 6) is 0.555. The van der Waals surface area contributed by atoms with Crippen LogP contribution in [0.25, 0.3) is 0 Å². The number of ether oxygens (including phenoxy) is 1. The largest absolute Gasteiger partial charge is 0.486 e. The van der Waals surface area contributed by atoms with Crippen LogP contribution in [0.3, 0.4) is 0 Å². The molecule has 1 aromatic rings. The molecular formula is C22H26BrNO4. The number of likely N-dealkylation sites (N-methyl/N-ethyl adjacent to an activating group) is 1. The fourth-order valence-electron chi connectivity index (χ4n) is 4.05. The number of rotatable bonds is 5. The van der Waals surface area contributed by atoms with E-state index in [-0.39, 0.29) is 24.4 Å². The first-order chi connectivity index (χ1) is 13.2. The van der Waals surface area contributed by atoms with Gasteiger partial charge in [-0.1, -0.05) is 41.9 Å². The maximum Gasteiger partial charge on any atom is 0.195 e. The van der Waals surface area contributed by atoms with Crippen molar-refractivity contribution in [3.63, 3.8) is 0 Å². The van der Waals surface area contributed by atoms with Crippen molar-refractivity contribution in [3.05, 3.63) is 62.8 Å². The van der Waals surface area contributed by atoms with Gasteiger partial charge in [-0.25, -0.2) is 0 Å². The molecule has 0 fully saturated rings. The molecule has 2 N–H and O–H groups in total. The molecule has 0 bridgehead atoms. The van der Waals surface area contributed by atoms with Gasteiger partial charge in [0.25, 0.3) is 0 Å². The summed E-state index contributed by atoms with van der Waals surface area (Å²) in [5, 5.41) is 18.6. The molecule has 0 atom stereocenters. The normalized spacial score (nSPS) is 20.1. The number of nitrogens with zero attached hydrogens (tertiary/aromatic N) is 1. The molecule has 6 heteroatoms. The summed E-state index contributed by atoms with van der Waals surface area (Å²) in [5.41, 5.74) is 3.98. The summed E-state index contributed by atoms with van der Waals surface area (Å²) in [4.78, 5) is 15.5. The van der Waals surface area contributed by atoms with Crippen LogP contribution in [-0.2, 0) is 5.41 Å². The van der Waals surface area contributed by atoms with Crippen LogP contribution in [0.1, 0.15) is 36.7 Å². The molecule has 1 aliphatic heterocycles. The highest BCUT2D eigenvalue weighted by atomic mass is 79.9. The van der Waals surface area contributed by atoms with E-state index >= 15 is 0 Å². The summed E-state index contributed by atoms with van der Waals surface area (Å²) in [6.07, 6.45) is 3.29. The maximum atomic E-state index is 13.4. The van der Waals surface area contributed by atoms with E-state index in [1.54, 1.807) is 12.1 Å². The molecule has 1 heterocycles. The molecule has 28 heavy (non-hydrogen) atoms. The molecule has 5 nitrogen and oxygen atoms in total. The summed E-state index contributed by atoms with van der Waals surface area (Å²) in [7, 11) is 2.01. The molecule has 0 saturated carbocycles. The number of hydrogen-bond donors (Lipinski definition) is 2. The molecule has 1 aromatic carbocycles. The third-order valence-corrected chi connectivity index (χ3v) is 5.56. The molecule has 0 saturated heterocycles.